The van der Waals surface area contributed by atoms with E-state index in [0.717, 1.165) is 23.1 Å². The number of rotatable bonds is 5. The quantitative estimate of drug-likeness (QED) is 0.703. The molecule has 134 valence electrons. The summed E-state index contributed by atoms with van der Waals surface area (Å²) < 4.78 is 5.11. The Morgan fingerprint density at radius 1 is 1.24 bits per heavy atom. The summed E-state index contributed by atoms with van der Waals surface area (Å²) in [6.45, 7) is 5.50. The lowest BCUT2D eigenvalue weighted by Gasteiger charge is -2.20. The maximum atomic E-state index is 11.8. The van der Waals surface area contributed by atoms with E-state index in [1.807, 2.05) is 45.0 Å². The van der Waals surface area contributed by atoms with E-state index in [1.165, 1.54) is 0 Å². The van der Waals surface area contributed by atoms with E-state index in [-0.39, 0.29) is 5.75 Å². The Labute approximate surface area is 150 Å². The van der Waals surface area contributed by atoms with Gasteiger partial charge in [0.05, 0.1) is 12.9 Å². The van der Waals surface area contributed by atoms with Crippen LogP contribution in [0.5, 0.6) is 5.75 Å². The molecule has 0 spiro atoms. The molecule has 0 aliphatic heterocycles. The normalized spacial score (nSPS) is 11.0. The zero-order valence-electron chi connectivity index (χ0n) is 14.5. The third kappa shape index (κ3) is 6.11. The van der Waals surface area contributed by atoms with Crippen molar-refractivity contribution in [1.82, 2.24) is 25.8 Å². The maximum Gasteiger partial charge on any atom is 0.321 e. The smallest absolute Gasteiger partial charge is 0.321 e. The number of thioether (sulfide) groups is 1. The fraction of sp³-hybridized carbons (Fsp3) is 0.375. The van der Waals surface area contributed by atoms with Gasteiger partial charge in [0.25, 0.3) is 0 Å². The molecule has 0 bridgehead atoms. The minimum absolute atomic E-state index is 0.0392. The van der Waals surface area contributed by atoms with E-state index in [9.17, 15) is 9.59 Å². The zero-order chi connectivity index (χ0) is 18.4. The summed E-state index contributed by atoms with van der Waals surface area (Å²) in [7, 11) is 1.60. The van der Waals surface area contributed by atoms with E-state index >= 15 is 0 Å². The van der Waals surface area contributed by atoms with Gasteiger partial charge >= 0.3 is 6.03 Å². The number of aromatic amines is 1. The second kappa shape index (κ2) is 8.02. The molecule has 0 fully saturated rings. The van der Waals surface area contributed by atoms with Crippen molar-refractivity contribution in [3.8, 4) is 17.1 Å². The second-order valence-corrected chi connectivity index (χ2v) is 7.18. The van der Waals surface area contributed by atoms with Gasteiger partial charge in [-0.2, -0.15) is 0 Å². The van der Waals surface area contributed by atoms with Gasteiger partial charge in [0.15, 0.2) is 5.82 Å². The van der Waals surface area contributed by atoms with Crippen LogP contribution in [0.2, 0.25) is 0 Å². The number of nitrogens with one attached hydrogen (secondary N) is 3. The van der Waals surface area contributed by atoms with E-state index in [2.05, 4.69) is 25.8 Å². The summed E-state index contributed by atoms with van der Waals surface area (Å²) in [4.78, 5) is 27.7. The molecular weight excluding hydrogens is 342 g/mol. The number of hydrogen-bond acceptors (Lipinski definition) is 6. The van der Waals surface area contributed by atoms with Crippen molar-refractivity contribution in [2.75, 3.05) is 12.9 Å². The van der Waals surface area contributed by atoms with Crippen LogP contribution in [0.15, 0.2) is 29.4 Å². The van der Waals surface area contributed by atoms with Gasteiger partial charge in [0, 0.05) is 11.1 Å². The van der Waals surface area contributed by atoms with E-state index in [0.29, 0.717) is 11.0 Å². The summed E-state index contributed by atoms with van der Waals surface area (Å²) in [6, 6.07) is 6.85. The van der Waals surface area contributed by atoms with Crippen LogP contribution in [0, 0.1) is 0 Å². The molecule has 1 aromatic heterocycles. The molecule has 1 aromatic carbocycles. The van der Waals surface area contributed by atoms with Crippen molar-refractivity contribution < 1.29 is 14.3 Å². The van der Waals surface area contributed by atoms with Crippen molar-refractivity contribution in [3.63, 3.8) is 0 Å². The fourth-order valence-electron chi connectivity index (χ4n) is 1.85. The third-order valence-corrected chi connectivity index (χ3v) is 3.75. The predicted octanol–water partition coefficient (Wildman–Crippen LogP) is 2.20. The number of benzene rings is 1. The molecule has 0 aliphatic rings. The number of carbonyl (C=O) groups excluding carboxylic acids is 2. The number of methoxy groups -OCH3 is 1. The van der Waals surface area contributed by atoms with Gasteiger partial charge in [-0.1, -0.05) is 11.8 Å². The van der Waals surface area contributed by atoms with Gasteiger partial charge in [-0.05, 0) is 45.0 Å². The monoisotopic (exact) mass is 363 g/mol. The molecule has 0 saturated carbocycles. The van der Waals surface area contributed by atoms with Crippen molar-refractivity contribution >= 4 is 23.7 Å². The third-order valence-electron chi connectivity index (χ3n) is 2.90. The van der Waals surface area contributed by atoms with Crippen LogP contribution in [0.25, 0.3) is 11.4 Å². The summed E-state index contributed by atoms with van der Waals surface area (Å²) in [5.41, 5.74) is 0.447. The van der Waals surface area contributed by atoms with Crippen LogP contribution < -0.4 is 15.4 Å². The van der Waals surface area contributed by atoms with E-state index in [4.69, 9.17) is 4.74 Å². The Morgan fingerprint density at radius 2 is 1.92 bits per heavy atom. The van der Waals surface area contributed by atoms with Crippen molar-refractivity contribution in [3.05, 3.63) is 24.3 Å². The number of ether oxygens (including phenoxy) is 1. The molecule has 2 rings (SSSR count). The predicted molar refractivity (Wildman–Crippen MR) is 95.5 cm³/mol. The van der Waals surface area contributed by atoms with Gasteiger partial charge in [0.2, 0.25) is 11.1 Å². The van der Waals surface area contributed by atoms with Crippen molar-refractivity contribution in [2.24, 2.45) is 0 Å². The molecule has 3 amide bonds. The molecule has 2 aromatic rings. The minimum Gasteiger partial charge on any atom is -0.497 e. The van der Waals surface area contributed by atoms with Crippen molar-refractivity contribution in [1.29, 1.82) is 0 Å². The van der Waals surface area contributed by atoms with Crippen LogP contribution in [-0.4, -0.2) is 45.5 Å². The molecule has 8 nitrogen and oxygen atoms in total. The Hall–Kier alpha value is -2.55. The van der Waals surface area contributed by atoms with E-state index in [1.54, 1.807) is 7.11 Å². The molecule has 0 atom stereocenters. The van der Waals surface area contributed by atoms with Gasteiger partial charge < -0.3 is 10.1 Å². The lowest BCUT2D eigenvalue weighted by Crippen LogP contribution is -2.48. The highest BCUT2D eigenvalue weighted by Gasteiger charge is 2.16. The average molecular weight is 363 g/mol. The number of amides is 3. The maximum absolute atomic E-state index is 11.8. The molecule has 0 radical (unpaired) electrons. The van der Waals surface area contributed by atoms with E-state index < -0.39 is 17.5 Å². The van der Waals surface area contributed by atoms with Crippen LogP contribution in [0.4, 0.5) is 4.79 Å². The number of nitrogens with zero attached hydrogens (tertiary/aromatic N) is 2. The summed E-state index contributed by atoms with van der Waals surface area (Å²) in [5, 5.41) is 12.2. The number of hydrogen-bond donors (Lipinski definition) is 3. The zero-order valence-corrected chi connectivity index (χ0v) is 15.4. The van der Waals surface area contributed by atoms with Gasteiger partial charge in [-0.25, -0.2) is 9.78 Å². The average Bonchev–Trinajstić information content (AvgIpc) is 3.00. The van der Waals surface area contributed by atoms with Crippen molar-refractivity contribution in [2.45, 2.75) is 31.5 Å². The Bertz CT molecular complexity index is 737. The number of urea groups is 1. The number of imide groups is 1. The SMILES string of the molecule is COc1ccc(-c2nc(SCC(=O)NC(=O)NC(C)(C)C)n[nH]2)cc1. The molecular formula is C16H21N5O3S. The summed E-state index contributed by atoms with van der Waals surface area (Å²) >= 11 is 1.14. The highest BCUT2D eigenvalue weighted by Crippen LogP contribution is 2.21. The molecule has 25 heavy (non-hydrogen) atoms. The van der Waals surface area contributed by atoms with Crippen LogP contribution in [-0.2, 0) is 4.79 Å². The second-order valence-electron chi connectivity index (χ2n) is 6.24. The molecule has 0 unspecified atom stereocenters. The molecule has 0 aliphatic carbocycles. The highest BCUT2D eigenvalue weighted by atomic mass is 32.2. The first-order valence-corrected chi connectivity index (χ1v) is 8.57. The van der Waals surface area contributed by atoms with Crippen LogP contribution in [0.3, 0.4) is 0 Å². The highest BCUT2D eigenvalue weighted by molar-refractivity contribution is 7.99. The fourth-order valence-corrected chi connectivity index (χ4v) is 2.45. The minimum atomic E-state index is -0.521. The topological polar surface area (TPSA) is 109 Å². The standard InChI is InChI=1S/C16H21N5O3S/c1-16(2,3)19-14(23)17-12(22)9-25-15-18-13(20-21-15)10-5-7-11(24-4)8-6-10/h5-8H,9H2,1-4H3,(H,18,20,21)(H2,17,19,22,23). The van der Waals surface area contributed by atoms with Gasteiger partial charge in [0.1, 0.15) is 5.75 Å². The molecule has 3 N–H and O–H groups in total. The van der Waals surface area contributed by atoms with Gasteiger partial charge in [-0.3, -0.25) is 15.2 Å². The van der Waals surface area contributed by atoms with Gasteiger partial charge in [-0.15, -0.1) is 5.10 Å². The first kappa shape index (κ1) is 18.8. The van der Waals surface area contributed by atoms with Crippen LogP contribution in [0.1, 0.15) is 20.8 Å². The number of H-pyrrole nitrogens is 1. The molecule has 9 heteroatoms. The molecule has 0 saturated heterocycles. The lowest BCUT2D eigenvalue weighted by atomic mass is 10.1. The molecule has 1 heterocycles. The number of aromatic nitrogens is 3. The summed E-state index contributed by atoms with van der Waals surface area (Å²) in [6.07, 6.45) is 0. The van der Waals surface area contributed by atoms with Crippen LogP contribution >= 0.6 is 11.8 Å². The lowest BCUT2D eigenvalue weighted by molar-refractivity contribution is -0.117. The largest absolute Gasteiger partial charge is 0.497 e. The Morgan fingerprint density at radius 3 is 2.52 bits per heavy atom. The Balaban J connectivity index is 1.86. The first-order chi connectivity index (χ1) is 11.8. The first-order valence-electron chi connectivity index (χ1n) is 7.58. The number of carbonyl (C=O) groups is 2. The Kier molecular flexibility index (Phi) is 6.02. The summed E-state index contributed by atoms with van der Waals surface area (Å²) in [5.74, 6) is 0.971.